The molecule has 7 nitrogen and oxygen atoms in total. The summed E-state index contributed by atoms with van der Waals surface area (Å²) in [6, 6.07) is 21.8. The van der Waals surface area contributed by atoms with Crippen LogP contribution in [0.2, 0.25) is 0 Å². The minimum absolute atomic E-state index is 0.171. The summed E-state index contributed by atoms with van der Waals surface area (Å²) in [5.41, 5.74) is 0.421. The van der Waals surface area contributed by atoms with Crippen LogP contribution >= 0.6 is 0 Å². The number of carbonyl (C=O) groups is 1. The van der Waals surface area contributed by atoms with Crippen LogP contribution in [0.3, 0.4) is 0 Å². The summed E-state index contributed by atoms with van der Waals surface area (Å²) in [5, 5.41) is 1.17. The molecule has 0 saturated heterocycles. The first-order valence-electron chi connectivity index (χ1n) is 10.4. The number of carbonyl (C=O) groups excluding carboxylic acids is 1. The monoisotopic (exact) mass is 454 g/mol. The summed E-state index contributed by atoms with van der Waals surface area (Å²) in [6.45, 7) is -0.171. The first-order chi connectivity index (χ1) is 16.5. The second-order valence-corrected chi connectivity index (χ2v) is 7.54. The molecule has 0 bridgehead atoms. The van der Waals surface area contributed by atoms with Gasteiger partial charge in [0.1, 0.15) is 11.3 Å². The maximum Gasteiger partial charge on any atom is 0.344 e. The van der Waals surface area contributed by atoms with Crippen molar-refractivity contribution in [2.45, 2.75) is 0 Å². The summed E-state index contributed by atoms with van der Waals surface area (Å²) < 4.78 is 21.7. The van der Waals surface area contributed by atoms with E-state index >= 15 is 0 Å². The molecule has 0 spiro atoms. The Morgan fingerprint density at radius 3 is 2.47 bits per heavy atom. The summed E-state index contributed by atoms with van der Waals surface area (Å²) in [6.07, 6.45) is 0. The van der Waals surface area contributed by atoms with Crippen LogP contribution in [0.25, 0.3) is 33.1 Å². The molecule has 34 heavy (non-hydrogen) atoms. The molecule has 5 rings (SSSR count). The van der Waals surface area contributed by atoms with E-state index in [2.05, 4.69) is 0 Å². The second kappa shape index (κ2) is 8.71. The van der Waals surface area contributed by atoms with Crippen molar-refractivity contribution in [3.8, 4) is 22.6 Å². The van der Waals surface area contributed by atoms with Gasteiger partial charge in [-0.05, 0) is 24.3 Å². The molecule has 0 saturated carbocycles. The van der Waals surface area contributed by atoms with Crippen LogP contribution in [0, 0.1) is 0 Å². The number of fused-ring (bicyclic) bond motifs is 2. The third-order valence-corrected chi connectivity index (χ3v) is 5.42. The summed E-state index contributed by atoms with van der Waals surface area (Å²) in [4.78, 5) is 37.4. The molecular formula is C27H18O7. The molecule has 2 heterocycles. The summed E-state index contributed by atoms with van der Waals surface area (Å²) >= 11 is 0. The van der Waals surface area contributed by atoms with Gasteiger partial charge in [-0.25, -0.2) is 9.59 Å². The van der Waals surface area contributed by atoms with Crippen molar-refractivity contribution in [2.75, 3.05) is 13.7 Å². The first-order valence-corrected chi connectivity index (χ1v) is 10.4. The standard InChI is InChI=1S/C27H18O7/c1-31-23-9-5-8-17-12-21(27(30)34-26(17)23)20-14-25(29)33-24-13-18(10-11-19(20)24)32-15-22(28)16-6-3-2-4-7-16/h2-14H,15H2,1H3. The minimum atomic E-state index is -0.634. The van der Waals surface area contributed by atoms with E-state index in [1.54, 1.807) is 60.7 Å². The maximum atomic E-state index is 12.8. The Hall–Kier alpha value is -4.65. The number of hydrogen-bond donors (Lipinski definition) is 0. The molecule has 0 fully saturated rings. The topological polar surface area (TPSA) is 96.0 Å². The van der Waals surface area contributed by atoms with E-state index in [1.807, 2.05) is 6.07 Å². The van der Waals surface area contributed by atoms with Gasteiger partial charge in [0, 0.05) is 34.0 Å². The first kappa shape index (κ1) is 21.2. The highest BCUT2D eigenvalue weighted by atomic mass is 16.5. The molecule has 0 atom stereocenters. The largest absolute Gasteiger partial charge is 0.493 e. The number of methoxy groups -OCH3 is 1. The number of rotatable bonds is 6. The zero-order chi connectivity index (χ0) is 23.7. The summed E-state index contributed by atoms with van der Waals surface area (Å²) in [5.74, 6) is 0.609. The fourth-order valence-electron chi connectivity index (χ4n) is 3.78. The van der Waals surface area contributed by atoms with E-state index in [-0.39, 0.29) is 23.5 Å². The Morgan fingerprint density at radius 2 is 1.68 bits per heavy atom. The number of hydrogen-bond acceptors (Lipinski definition) is 7. The van der Waals surface area contributed by atoms with Crippen LogP contribution < -0.4 is 20.7 Å². The minimum Gasteiger partial charge on any atom is -0.493 e. The van der Waals surface area contributed by atoms with Gasteiger partial charge in [0.15, 0.2) is 23.7 Å². The van der Waals surface area contributed by atoms with Crippen molar-refractivity contribution < 1.29 is 23.1 Å². The van der Waals surface area contributed by atoms with E-state index in [1.165, 1.54) is 19.2 Å². The van der Waals surface area contributed by atoms with Crippen LogP contribution in [0.1, 0.15) is 10.4 Å². The Labute approximate surface area is 192 Å². The predicted molar refractivity (Wildman–Crippen MR) is 127 cm³/mol. The molecule has 0 aliphatic carbocycles. The van der Waals surface area contributed by atoms with Gasteiger partial charge in [-0.1, -0.05) is 42.5 Å². The van der Waals surface area contributed by atoms with E-state index in [0.717, 1.165) is 0 Å². The Morgan fingerprint density at radius 1 is 0.853 bits per heavy atom. The van der Waals surface area contributed by atoms with Gasteiger partial charge in [-0.15, -0.1) is 0 Å². The van der Waals surface area contributed by atoms with Gasteiger partial charge in [-0.2, -0.15) is 0 Å². The van der Waals surface area contributed by atoms with Gasteiger partial charge in [0.05, 0.1) is 12.7 Å². The Kier molecular flexibility index (Phi) is 5.43. The molecule has 0 aliphatic rings. The number of benzene rings is 3. The second-order valence-electron chi connectivity index (χ2n) is 7.54. The van der Waals surface area contributed by atoms with Crippen molar-refractivity contribution in [2.24, 2.45) is 0 Å². The Bertz CT molecular complexity index is 1650. The molecule has 3 aromatic carbocycles. The van der Waals surface area contributed by atoms with Gasteiger partial charge in [-0.3, -0.25) is 4.79 Å². The average Bonchev–Trinajstić information content (AvgIpc) is 2.86. The molecule has 0 N–H and O–H groups in total. The van der Waals surface area contributed by atoms with Crippen molar-refractivity contribution >= 4 is 27.7 Å². The lowest BCUT2D eigenvalue weighted by Gasteiger charge is -2.09. The number of Topliss-reactive ketones (excluding diaryl/α,β-unsaturated/α-hetero) is 1. The SMILES string of the molecule is COc1cccc2cc(-c3cc(=O)oc4cc(OCC(=O)c5ccccc5)ccc34)c(=O)oc12. The van der Waals surface area contributed by atoms with E-state index < -0.39 is 11.3 Å². The van der Waals surface area contributed by atoms with Gasteiger partial charge >= 0.3 is 11.3 Å². The summed E-state index contributed by atoms with van der Waals surface area (Å²) in [7, 11) is 1.49. The molecule has 0 unspecified atom stereocenters. The van der Waals surface area contributed by atoms with Crippen LogP contribution in [0.5, 0.6) is 11.5 Å². The van der Waals surface area contributed by atoms with Crippen LogP contribution in [-0.4, -0.2) is 19.5 Å². The third-order valence-electron chi connectivity index (χ3n) is 5.42. The quantitative estimate of drug-likeness (QED) is 0.268. The molecule has 7 heteroatoms. The van der Waals surface area contributed by atoms with Crippen molar-refractivity contribution in [3.05, 3.63) is 105 Å². The molecule has 2 aromatic heterocycles. The van der Waals surface area contributed by atoms with Crippen LogP contribution in [0.15, 0.2) is 97.3 Å². The van der Waals surface area contributed by atoms with Gasteiger partial charge in [0.25, 0.3) is 0 Å². The molecular weight excluding hydrogens is 436 g/mol. The normalized spacial score (nSPS) is 11.0. The average molecular weight is 454 g/mol. The van der Waals surface area contributed by atoms with Crippen molar-refractivity contribution in [1.82, 2.24) is 0 Å². The molecule has 5 aromatic rings. The smallest absolute Gasteiger partial charge is 0.344 e. The zero-order valence-corrected chi connectivity index (χ0v) is 18.1. The van der Waals surface area contributed by atoms with E-state index in [0.29, 0.717) is 39.0 Å². The maximum absolute atomic E-state index is 12.8. The van der Waals surface area contributed by atoms with E-state index in [4.69, 9.17) is 18.3 Å². The van der Waals surface area contributed by atoms with Crippen molar-refractivity contribution in [1.29, 1.82) is 0 Å². The highest BCUT2D eigenvalue weighted by Crippen LogP contribution is 2.31. The molecule has 168 valence electrons. The lowest BCUT2D eigenvalue weighted by molar-refractivity contribution is 0.0921. The fraction of sp³-hybridized carbons (Fsp3) is 0.0741. The molecule has 0 radical (unpaired) electrons. The van der Waals surface area contributed by atoms with Gasteiger partial charge in [0.2, 0.25) is 0 Å². The fourth-order valence-corrected chi connectivity index (χ4v) is 3.78. The third kappa shape index (κ3) is 3.95. The van der Waals surface area contributed by atoms with Crippen LogP contribution in [0.4, 0.5) is 0 Å². The van der Waals surface area contributed by atoms with Crippen molar-refractivity contribution in [3.63, 3.8) is 0 Å². The zero-order valence-electron chi connectivity index (χ0n) is 18.1. The predicted octanol–water partition coefficient (Wildman–Crippen LogP) is 4.84. The lowest BCUT2D eigenvalue weighted by atomic mass is 10.0. The highest BCUT2D eigenvalue weighted by Gasteiger charge is 2.16. The van der Waals surface area contributed by atoms with E-state index in [9.17, 15) is 14.4 Å². The molecule has 0 aliphatic heterocycles. The highest BCUT2D eigenvalue weighted by molar-refractivity contribution is 5.98. The molecule has 0 amide bonds. The lowest BCUT2D eigenvalue weighted by Crippen LogP contribution is -2.11. The van der Waals surface area contributed by atoms with Crippen LogP contribution in [-0.2, 0) is 0 Å². The number of para-hydroxylation sites is 1. The number of ketones is 1. The Balaban J connectivity index is 1.53. The van der Waals surface area contributed by atoms with Gasteiger partial charge < -0.3 is 18.3 Å². The number of ether oxygens (including phenoxy) is 2.